The van der Waals surface area contributed by atoms with Crippen molar-refractivity contribution in [3.63, 3.8) is 0 Å². The first-order chi connectivity index (χ1) is 12.9. The summed E-state index contributed by atoms with van der Waals surface area (Å²) in [4.78, 5) is 7.27. The molecular formula is C20H41IN4O2. The molecule has 2 fully saturated rings. The van der Waals surface area contributed by atoms with E-state index in [2.05, 4.69) is 27.4 Å². The Kier molecular flexibility index (Phi) is 15.5. The van der Waals surface area contributed by atoms with Gasteiger partial charge in [-0.25, -0.2) is 0 Å². The van der Waals surface area contributed by atoms with Crippen molar-refractivity contribution in [2.24, 2.45) is 10.9 Å². The van der Waals surface area contributed by atoms with Crippen molar-refractivity contribution in [2.75, 3.05) is 65.7 Å². The fourth-order valence-corrected chi connectivity index (χ4v) is 3.53. The number of hydrogen-bond donors (Lipinski definition) is 2. The molecule has 2 rings (SSSR count). The average molecular weight is 496 g/mol. The molecule has 6 nitrogen and oxygen atoms in total. The summed E-state index contributed by atoms with van der Waals surface area (Å²) in [6, 6.07) is 0. The van der Waals surface area contributed by atoms with E-state index in [1.54, 1.807) is 0 Å². The van der Waals surface area contributed by atoms with Gasteiger partial charge in [0.2, 0.25) is 0 Å². The molecule has 1 atom stereocenters. The summed E-state index contributed by atoms with van der Waals surface area (Å²) < 4.78 is 11.1. The van der Waals surface area contributed by atoms with E-state index in [1.807, 2.05) is 0 Å². The van der Waals surface area contributed by atoms with Crippen LogP contribution in [0.15, 0.2) is 4.99 Å². The number of likely N-dealkylation sites (tertiary alicyclic amines) is 1. The van der Waals surface area contributed by atoms with Gasteiger partial charge in [0.15, 0.2) is 5.96 Å². The third-order valence-electron chi connectivity index (χ3n) is 5.08. The maximum atomic E-state index is 5.74. The highest BCUT2D eigenvalue weighted by atomic mass is 127. The van der Waals surface area contributed by atoms with E-state index in [9.17, 15) is 0 Å². The maximum absolute atomic E-state index is 5.74. The monoisotopic (exact) mass is 496 g/mol. The molecule has 0 amide bonds. The molecule has 0 spiro atoms. The molecule has 2 saturated heterocycles. The fraction of sp³-hybridized carbons (Fsp3) is 0.950. The second kappa shape index (κ2) is 16.8. The summed E-state index contributed by atoms with van der Waals surface area (Å²) in [6.45, 7) is 11.9. The fourth-order valence-electron chi connectivity index (χ4n) is 3.53. The van der Waals surface area contributed by atoms with E-state index in [0.29, 0.717) is 5.92 Å². The molecule has 7 heteroatoms. The predicted octanol–water partition coefficient (Wildman–Crippen LogP) is 2.87. The van der Waals surface area contributed by atoms with Crippen molar-refractivity contribution in [2.45, 2.75) is 51.9 Å². The Hall–Kier alpha value is -0.120. The van der Waals surface area contributed by atoms with E-state index in [1.165, 1.54) is 51.7 Å². The molecule has 27 heavy (non-hydrogen) atoms. The highest BCUT2D eigenvalue weighted by molar-refractivity contribution is 14.0. The molecule has 2 N–H and O–H groups in total. The largest absolute Gasteiger partial charge is 0.381 e. The molecule has 0 aromatic heterocycles. The predicted molar refractivity (Wildman–Crippen MR) is 123 cm³/mol. The summed E-state index contributed by atoms with van der Waals surface area (Å²) >= 11 is 0. The SMILES string of the molecule is CCNC(=NCCCOCC1CCOC1)NCCCN1CCCCCC1.I. The summed E-state index contributed by atoms with van der Waals surface area (Å²) in [5, 5.41) is 6.80. The number of rotatable bonds is 11. The quantitative estimate of drug-likeness (QED) is 0.200. The number of ether oxygens (including phenoxy) is 2. The summed E-state index contributed by atoms with van der Waals surface area (Å²) in [7, 11) is 0. The van der Waals surface area contributed by atoms with Crippen LogP contribution < -0.4 is 10.6 Å². The van der Waals surface area contributed by atoms with Gasteiger partial charge in [-0.1, -0.05) is 12.8 Å². The Balaban J connectivity index is 0.00000364. The van der Waals surface area contributed by atoms with Gasteiger partial charge < -0.3 is 25.0 Å². The minimum absolute atomic E-state index is 0. The molecule has 160 valence electrons. The first-order valence-corrected chi connectivity index (χ1v) is 10.8. The van der Waals surface area contributed by atoms with Crippen LogP contribution in [0.2, 0.25) is 0 Å². The number of hydrogen-bond acceptors (Lipinski definition) is 4. The van der Waals surface area contributed by atoms with Crippen LogP contribution in [-0.2, 0) is 9.47 Å². The zero-order valence-corrected chi connectivity index (χ0v) is 19.5. The second-order valence-corrected chi connectivity index (χ2v) is 7.45. The molecule has 0 radical (unpaired) electrons. The molecule has 2 aliphatic rings. The Labute approximate surface area is 183 Å². The smallest absolute Gasteiger partial charge is 0.191 e. The summed E-state index contributed by atoms with van der Waals surface area (Å²) in [5.74, 6) is 1.54. The van der Waals surface area contributed by atoms with Crippen molar-refractivity contribution in [3.05, 3.63) is 0 Å². The van der Waals surface area contributed by atoms with Crippen molar-refractivity contribution in [1.82, 2.24) is 15.5 Å². The first kappa shape index (κ1) is 24.9. The lowest BCUT2D eigenvalue weighted by atomic mass is 10.1. The first-order valence-electron chi connectivity index (χ1n) is 10.8. The highest BCUT2D eigenvalue weighted by Crippen LogP contribution is 2.12. The molecule has 2 aliphatic heterocycles. The van der Waals surface area contributed by atoms with Gasteiger partial charge >= 0.3 is 0 Å². The lowest BCUT2D eigenvalue weighted by molar-refractivity contribution is 0.0893. The summed E-state index contributed by atoms with van der Waals surface area (Å²) in [5.41, 5.74) is 0. The molecule has 0 bridgehead atoms. The lowest BCUT2D eigenvalue weighted by Gasteiger charge is -2.20. The summed E-state index contributed by atoms with van der Waals surface area (Å²) in [6.07, 6.45) is 8.84. The molecule has 0 aliphatic carbocycles. The Morgan fingerprint density at radius 2 is 1.96 bits per heavy atom. The Morgan fingerprint density at radius 1 is 1.15 bits per heavy atom. The zero-order valence-electron chi connectivity index (χ0n) is 17.2. The highest BCUT2D eigenvalue weighted by Gasteiger charge is 2.15. The van der Waals surface area contributed by atoms with Crippen LogP contribution >= 0.6 is 24.0 Å². The third kappa shape index (κ3) is 12.1. The van der Waals surface area contributed by atoms with Gasteiger partial charge in [0, 0.05) is 38.8 Å². The number of nitrogens with one attached hydrogen (secondary N) is 2. The lowest BCUT2D eigenvalue weighted by Crippen LogP contribution is -2.39. The maximum Gasteiger partial charge on any atom is 0.191 e. The standard InChI is InChI=1S/C20H40N4O2.HI/c1-2-21-20(22-10-7-14-24-12-5-3-4-6-13-24)23-11-8-15-25-17-19-9-16-26-18-19;/h19H,2-18H2,1H3,(H2,21,22,23);1H. The zero-order chi connectivity index (χ0) is 18.3. The van der Waals surface area contributed by atoms with Gasteiger partial charge in [-0.3, -0.25) is 4.99 Å². The minimum Gasteiger partial charge on any atom is -0.381 e. The van der Waals surface area contributed by atoms with E-state index < -0.39 is 0 Å². The van der Waals surface area contributed by atoms with E-state index in [4.69, 9.17) is 9.47 Å². The van der Waals surface area contributed by atoms with Crippen molar-refractivity contribution in [3.8, 4) is 0 Å². The van der Waals surface area contributed by atoms with Gasteiger partial charge in [-0.15, -0.1) is 24.0 Å². The van der Waals surface area contributed by atoms with E-state index in [-0.39, 0.29) is 24.0 Å². The molecule has 1 unspecified atom stereocenters. The van der Waals surface area contributed by atoms with Gasteiger partial charge in [0.05, 0.1) is 13.2 Å². The number of aliphatic imine (C=N–C) groups is 1. The van der Waals surface area contributed by atoms with Gasteiger partial charge in [0.1, 0.15) is 0 Å². The molecule has 2 heterocycles. The van der Waals surface area contributed by atoms with E-state index in [0.717, 1.165) is 64.9 Å². The van der Waals surface area contributed by atoms with Crippen LogP contribution in [0.25, 0.3) is 0 Å². The van der Waals surface area contributed by atoms with Crippen LogP contribution in [-0.4, -0.2) is 76.6 Å². The Bertz CT molecular complexity index is 371. The minimum atomic E-state index is 0. The average Bonchev–Trinajstić information content (AvgIpc) is 3.03. The molecule has 0 saturated carbocycles. The van der Waals surface area contributed by atoms with Crippen LogP contribution in [0.3, 0.4) is 0 Å². The van der Waals surface area contributed by atoms with Crippen molar-refractivity contribution >= 4 is 29.9 Å². The van der Waals surface area contributed by atoms with Crippen LogP contribution in [0.4, 0.5) is 0 Å². The molecule has 0 aromatic carbocycles. The van der Waals surface area contributed by atoms with Crippen LogP contribution in [0, 0.1) is 5.92 Å². The van der Waals surface area contributed by atoms with Crippen LogP contribution in [0.1, 0.15) is 51.9 Å². The number of nitrogens with zero attached hydrogens (tertiary/aromatic N) is 2. The third-order valence-corrected chi connectivity index (χ3v) is 5.08. The van der Waals surface area contributed by atoms with Gasteiger partial charge in [-0.2, -0.15) is 0 Å². The van der Waals surface area contributed by atoms with E-state index >= 15 is 0 Å². The Morgan fingerprint density at radius 3 is 2.67 bits per heavy atom. The normalized spacial score (nSPS) is 21.5. The van der Waals surface area contributed by atoms with Gasteiger partial charge in [0.25, 0.3) is 0 Å². The molecular weight excluding hydrogens is 455 g/mol. The van der Waals surface area contributed by atoms with Crippen molar-refractivity contribution in [1.29, 1.82) is 0 Å². The van der Waals surface area contributed by atoms with Gasteiger partial charge in [-0.05, 0) is 58.7 Å². The topological polar surface area (TPSA) is 58.1 Å². The van der Waals surface area contributed by atoms with Crippen molar-refractivity contribution < 1.29 is 9.47 Å². The number of guanidine groups is 1. The molecule has 0 aromatic rings. The number of halogens is 1. The van der Waals surface area contributed by atoms with Crippen LogP contribution in [0.5, 0.6) is 0 Å². The second-order valence-electron chi connectivity index (χ2n) is 7.45.